The molecule has 4 nitrogen and oxygen atoms in total. The first-order valence-electron chi connectivity index (χ1n) is 15.9. The van der Waals surface area contributed by atoms with Crippen molar-refractivity contribution in [2.24, 2.45) is 11.8 Å². The number of aliphatic hydroxyl groups is 1. The highest BCUT2D eigenvalue weighted by Crippen LogP contribution is 2.43. The number of piperidine rings is 1. The number of hydrogen-bond donors (Lipinski definition) is 1. The second kappa shape index (κ2) is 6.70. The fourth-order valence-corrected chi connectivity index (χ4v) is 2.49. The van der Waals surface area contributed by atoms with Gasteiger partial charge in [0.05, 0.1) is 28.5 Å². The third-order valence-corrected chi connectivity index (χ3v) is 3.52. The Morgan fingerprint density at radius 1 is 1.61 bits per heavy atom. The fourth-order valence-electron chi connectivity index (χ4n) is 2.49. The molecule has 2 aliphatic heterocycles. The van der Waals surface area contributed by atoms with Crippen LogP contribution in [0.3, 0.4) is 0 Å². The van der Waals surface area contributed by atoms with Crippen LogP contribution in [-0.4, -0.2) is 43.3 Å². The molecule has 2 aliphatic rings. The van der Waals surface area contributed by atoms with E-state index < -0.39 is 105 Å². The van der Waals surface area contributed by atoms with Crippen molar-refractivity contribution >= 4 is 0 Å². The minimum atomic E-state index is -3.64. The molecule has 0 amide bonds. The Hall–Kier alpha value is -1.26. The van der Waals surface area contributed by atoms with Crippen LogP contribution in [0.1, 0.15) is 68.4 Å². The SMILES string of the molecule is [2H]c1c(OC([2H])([2H])[2H])c(OC)c([2H])c2c1C1([2H])CC(O)C(C([2H])([2H])C([2H])(C)C([2H])([2H])[2H])C([2H])([2H])N1C([2H])([2H])C2([2H])[2H]. The van der Waals surface area contributed by atoms with Crippen molar-refractivity contribution in [3.05, 3.63) is 23.2 Å². The minimum absolute atomic E-state index is 0.0801. The lowest BCUT2D eigenvalue weighted by Crippen LogP contribution is -2.48. The van der Waals surface area contributed by atoms with E-state index in [1.54, 1.807) is 0 Å². The average molecular weight is 338 g/mol. The first-order chi connectivity index (χ1) is 18.0. The van der Waals surface area contributed by atoms with Crippen LogP contribution in [0, 0.1) is 11.8 Å². The van der Waals surface area contributed by atoms with Crippen LogP contribution in [0.2, 0.25) is 0 Å². The van der Waals surface area contributed by atoms with Gasteiger partial charge in [0.2, 0.25) is 0 Å². The normalized spacial score (nSPS) is 53.0. The third-order valence-electron chi connectivity index (χ3n) is 3.52. The van der Waals surface area contributed by atoms with Gasteiger partial charge in [-0.3, -0.25) is 4.90 Å². The monoisotopic (exact) mass is 337 g/mol. The van der Waals surface area contributed by atoms with E-state index in [2.05, 4.69) is 0 Å². The Kier molecular flexibility index (Phi) is 1.56. The third kappa shape index (κ3) is 3.20. The minimum Gasteiger partial charge on any atom is -0.493 e. The molecular formula is C19H29NO3. The Morgan fingerprint density at radius 2 is 2.43 bits per heavy atom. The van der Waals surface area contributed by atoms with Crippen molar-refractivity contribution in [2.75, 3.05) is 27.1 Å². The van der Waals surface area contributed by atoms with Crippen LogP contribution in [0.15, 0.2) is 12.1 Å². The molecule has 0 bridgehead atoms. The van der Waals surface area contributed by atoms with E-state index >= 15 is 0 Å². The number of benzene rings is 1. The zero-order chi connectivity index (χ0) is 32.3. The maximum atomic E-state index is 11.2. The molecule has 23 heavy (non-hydrogen) atoms. The Labute approximate surface area is 164 Å². The van der Waals surface area contributed by atoms with E-state index in [1.165, 1.54) is 0 Å². The zero-order valence-corrected chi connectivity index (χ0v) is 12.6. The molecule has 3 rings (SSSR count). The predicted molar refractivity (Wildman–Crippen MR) is 91.1 cm³/mol. The van der Waals surface area contributed by atoms with Crippen molar-refractivity contribution in [1.82, 2.24) is 4.90 Å². The molecule has 1 aromatic carbocycles. The van der Waals surface area contributed by atoms with Crippen molar-refractivity contribution in [2.45, 2.75) is 45.1 Å². The van der Waals surface area contributed by atoms with Crippen molar-refractivity contribution in [1.29, 1.82) is 0 Å². The van der Waals surface area contributed by atoms with E-state index in [0.717, 1.165) is 7.11 Å². The van der Waals surface area contributed by atoms with Crippen molar-refractivity contribution in [3.8, 4) is 11.5 Å². The van der Waals surface area contributed by atoms with Crippen LogP contribution in [0.4, 0.5) is 0 Å². The first-order valence-corrected chi connectivity index (χ1v) is 6.87. The average Bonchev–Trinajstić information content (AvgIpc) is 2.71. The van der Waals surface area contributed by atoms with Gasteiger partial charge in [0.1, 0.15) is 0 Å². The lowest BCUT2D eigenvalue weighted by atomic mass is 9.79. The zero-order valence-electron chi connectivity index (χ0n) is 30.6. The lowest BCUT2D eigenvalue weighted by Gasteiger charge is -2.46. The first kappa shape index (κ1) is 5.37. The largest absolute Gasteiger partial charge is 0.493 e. The maximum Gasteiger partial charge on any atom is 0.161 e. The summed E-state index contributed by atoms with van der Waals surface area (Å²) in [6.45, 7) is -10.00. The molecule has 0 radical (unpaired) electrons. The van der Waals surface area contributed by atoms with Gasteiger partial charge in [-0.2, -0.15) is 0 Å². The summed E-state index contributed by atoms with van der Waals surface area (Å²) in [6.07, 6.45) is -10.4. The smallest absolute Gasteiger partial charge is 0.161 e. The summed E-state index contributed by atoms with van der Waals surface area (Å²) in [7, 11) is -2.31. The van der Waals surface area contributed by atoms with Crippen LogP contribution in [-0.2, 0) is 6.37 Å². The molecule has 1 saturated heterocycles. The van der Waals surface area contributed by atoms with Crippen LogP contribution in [0.5, 0.6) is 11.5 Å². The van der Waals surface area contributed by atoms with Gasteiger partial charge in [-0.05, 0) is 54.2 Å². The molecule has 0 spiro atoms. The number of aliphatic hydroxyl groups excluding tert-OH is 1. The molecule has 1 aromatic rings. The highest BCUT2D eigenvalue weighted by atomic mass is 16.5. The quantitative estimate of drug-likeness (QED) is 0.917. The number of fused-ring (bicyclic) bond motifs is 3. The predicted octanol–water partition coefficient (Wildman–Crippen LogP) is 3.03. The van der Waals surface area contributed by atoms with E-state index in [-0.39, 0.29) is 4.90 Å². The molecule has 0 saturated carbocycles. The van der Waals surface area contributed by atoms with Crippen molar-refractivity contribution in [3.63, 3.8) is 0 Å². The Balaban J connectivity index is 2.48. The molecule has 4 atom stereocenters. The molecule has 0 aromatic heterocycles. The van der Waals surface area contributed by atoms with Gasteiger partial charge in [0.25, 0.3) is 0 Å². The van der Waals surface area contributed by atoms with Gasteiger partial charge in [0, 0.05) is 35.5 Å². The number of methoxy groups -OCH3 is 2. The van der Waals surface area contributed by atoms with Crippen LogP contribution < -0.4 is 9.47 Å². The topological polar surface area (TPSA) is 41.9 Å². The summed E-state index contributed by atoms with van der Waals surface area (Å²) in [4.78, 5) is -0.0801. The van der Waals surface area contributed by atoms with Gasteiger partial charge in [-0.1, -0.05) is 13.8 Å². The maximum absolute atomic E-state index is 11.2. The van der Waals surface area contributed by atoms with Crippen molar-refractivity contribution < 1.29 is 39.3 Å². The van der Waals surface area contributed by atoms with Gasteiger partial charge in [-0.15, -0.1) is 0 Å². The van der Waals surface area contributed by atoms with Gasteiger partial charge in [0.15, 0.2) is 11.5 Å². The molecule has 0 aliphatic carbocycles. The van der Waals surface area contributed by atoms with E-state index in [0.29, 0.717) is 6.92 Å². The lowest BCUT2D eigenvalue weighted by molar-refractivity contribution is -0.0191. The Bertz CT molecular complexity index is 1230. The summed E-state index contributed by atoms with van der Waals surface area (Å²) < 4.78 is 159. The molecular weight excluding hydrogens is 290 g/mol. The second-order valence-electron chi connectivity index (χ2n) is 5.13. The molecule has 4 unspecified atom stereocenters. The summed E-state index contributed by atoms with van der Waals surface area (Å²) in [5, 5.41) is 11.2. The van der Waals surface area contributed by atoms with Crippen LogP contribution >= 0.6 is 0 Å². The van der Waals surface area contributed by atoms with E-state index in [9.17, 15) is 6.48 Å². The molecule has 1 N–H and O–H groups in total. The molecule has 1 fully saturated rings. The van der Waals surface area contributed by atoms with Gasteiger partial charge >= 0.3 is 0 Å². The van der Waals surface area contributed by atoms with Gasteiger partial charge < -0.3 is 14.6 Å². The number of nitrogens with zero attached hydrogens (tertiary/aromatic N) is 1. The van der Waals surface area contributed by atoms with Gasteiger partial charge in [-0.25, -0.2) is 0 Å². The van der Waals surface area contributed by atoms with E-state index in [4.69, 9.17) is 32.8 Å². The summed E-state index contributed by atoms with van der Waals surface area (Å²) in [5.41, 5.74) is -1.92. The summed E-state index contributed by atoms with van der Waals surface area (Å²) in [6, 6.07) is -5.10. The standard InChI is InChI=1S/C19H29NO3/c1-12(2)7-14-11-20-6-5-13-8-18(22-3)19(23-4)9-15(13)16(20)10-17(14)21/h8-9,12,14,16-17,21H,5-7,10-11H2,1-4H3/i1D3,4D3,5D2,6D2,7D2,8D,9D,11D2,12D,16D. The second-order valence-corrected chi connectivity index (χ2v) is 5.13. The fraction of sp³-hybridized carbons (Fsp3) is 0.684. The van der Waals surface area contributed by atoms with E-state index in [1.807, 2.05) is 0 Å². The summed E-state index contributed by atoms with van der Waals surface area (Å²) in [5.74, 6) is -7.39. The summed E-state index contributed by atoms with van der Waals surface area (Å²) >= 11 is 0. The number of ether oxygens (including phenoxy) is 2. The number of rotatable bonds is 4. The molecule has 2 heterocycles. The number of hydrogen-bond acceptors (Lipinski definition) is 4. The Morgan fingerprint density at radius 3 is 3.17 bits per heavy atom. The highest BCUT2D eigenvalue weighted by molar-refractivity contribution is 5.49. The highest BCUT2D eigenvalue weighted by Gasteiger charge is 2.38. The molecule has 4 heteroatoms. The van der Waals surface area contributed by atoms with Crippen LogP contribution in [0.25, 0.3) is 0 Å². The molecule has 128 valence electrons.